The van der Waals surface area contributed by atoms with Crippen molar-refractivity contribution in [1.29, 1.82) is 0 Å². The van der Waals surface area contributed by atoms with Gasteiger partial charge >= 0.3 is 0 Å². The second kappa shape index (κ2) is 6.91. The summed E-state index contributed by atoms with van der Waals surface area (Å²) in [5.74, 6) is -0.00765. The molecule has 1 rings (SSSR count). The minimum atomic E-state index is -0.556. The van der Waals surface area contributed by atoms with E-state index in [0.717, 1.165) is 38.7 Å². The topological polar surface area (TPSA) is 64.3 Å². The van der Waals surface area contributed by atoms with E-state index in [9.17, 15) is 4.79 Å². The molecule has 4 nitrogen and oxygen atoms in total. The normalized spacial score (nSPS) is 17.2. The number of thiocarbonyl (C=S) groups is 1. The molecule has 0 spiro atoms. The molecule has 0 aliphatic heterocycles. The molecule has 5 heteroatoms. The number of nitrogens with two attached hydrogens (primary N) is 1. The molecule has 0 saturated heterocycles. The molecule has 1 aliphatic rings. The summed E-state index contributed by atoms with van der Waals surface area (Å²) < 4.78 is 5.34. The zero-order valence-corrected chi connectivity index (χ0v) is 11.3. The summed E-state index contributed by atoms with van der Waals surface area (Å²) in [5, 5.41) is 2.90. The van der Waals surface area contributed by atoms with E-state index >= 15 is 0 Å². The van der Waals surface area contributed by atoms with Crippen LogP contribution in [0, 0.1) is 5.41 Å². The maximum atomic E-state index is 12.0. The molecule has 0 aromatic heterocycles. The standard InChI is InChI=1S/C12H22N2O2S/c1-2-8-16-9-4-7-14-11(15)12(10(13)17)5-3-6-12/h2-9H2,1H3,(H2,13,17)(H,14,15). The van der Waals surface area contributed by atoms with Crippen LogP contribution >= 0.6 is 12.2 Å². The molecule has 0 bridgehead atoms. The Balaban J connectivity index is 2.18. The van der Waals surface area contributed by atoms with Crippen molar-refractivity contribution in [2.24, 2.45) is 11.1 Å². The van der Waals surface area contributed by atoms with Crippen LogP contribution in [0.2, 0.25) is 0 Å². The maximum Gasteiger partial charge on any atom is 0.233 e. The molecule has 0 atom stereocenters. The number of rotatable bonds is 8. The van der Waals surface area contributed by atoms with Crippen molar-refractivity contribution < 1.29 is 9.53 Å². The quantitative estimate of drug-likeness (QED) is 0.510. The van der Waals surface area contributed by atoms with Gasteiger partial charge in [-0.15, -0.1) is 0 Å². The summed E-state index contributed by atoms with van der Waals surface area (Å²) in [6, 6.07) is 0. The lowest BCUT2D eigenvalue weighted by molar-refractivity contribution is -0.130. The molecule has 1 saturated carbocycles. The Bertz CT molecular complexity index is 278. The van der Waals surface area contributed by atoms with Crippen LogP contribution in [0.4, 0.5) is 0 Å². The highest BCUT2D eigenvalue weighted by Gasteiger charge is 2.46. The largest absolute Gasteiger partial charge is 0.392 e. The van der Waals surface area contributed by atoms with E-state index in [4.69, 9.17) is 22.7 Å². The van der Waals surface area contributed by atoms with Gasteiger partial charge in [0.15, 0.2) is 0 Å². The van der Waals surface area contributed by atoms with E-state index in [2.05, 4.69) is 12.2 Å². The molecule has 0 heterocycles. The van der Waals surface area contributed by atoms with Gasteiger partial charge in [-0.2, -0.15) is 0 Å². The van der Waals surface area contributed by atoms with Crippen molar-refractivity contribution in [3.63, 3.8) is 0 Å². The molecule has 0 aromatic carbocycles. The smallest absolute Gasteiger partial charge is 0.233 e. The third-order valence-electron chi connectivity index (χ3n) is 3.21. The van der Waals surface area contributed by atoms with Gasteiger partial charge in [-0.25, -0.2) is 0 Å². The Morgan fingerprint density at radius 3 is 2.65 bits per heavy atom. The van der Waals surface area contributed by atoms with Gasteiger partial charge < -0.3 is 15.8 Å². The first kappa shape index (κ1) is 14.4. The van der Waals surface area contributed by atoms with E-state index in [1.807, 2.05) is 0 Å². The fourth-order valence-corrected chi connectivity index (χ4v) is 2.20. The van der Waals surface area contributed by atoms with Crippen molar-refractivity contribution in [3.05, 3.63) is 0 Å². The molecule has 0 radical (unpaired) electrons. The first-order valence-corrected chi connectivity index (χ1v) is 6.70. The van der Waals surface area contributed by atoms with E-state index in [1.54, 1.807) is 0 Å². The van der Waals surface area contributed by atoms with Crippen LogP contribution < -0.4 is 11.1 Å². The monoisotopic (exact) mass is 258 g/mol. The van der Waals surface area contributed by atoms with Crippen molar-refractivity contribution in [1.82, 2.24) is 5.32 Å². The van der Waals surface area contributed by atoms with Crippen molar-refractivity contribution in [3.8, 4) is 0 Å². The van der Waals surface area contributed by atoms with Gasteiger partial charge in [0.05, 0.1) is 10.4 Å². The minimum Gasteiger partial charge on any atom is -0.392 e. The zero-order valence-electron chi connectivity index (χ0n) is 10.5. The predicted molar refractivity (Wildman–Crippen MR) is 71.8 cm³/mol. The van der Waals surface area contributed by atoms with Gasteiger partial charge in [-0.05, 0) is 25.7 Å². The highest BCUT2D eigenvalue weighted by Crippen LogP contribution is 2.41. The molecule has 1 fully saturated rings. The van der Waals surface area contributed by atoms with Crippen LogP contribution in [0.1, 0.15) is 39.0 Å². The summed E-state index contributed by atoms with van der Waals surface area (Å²) in [6.07, 6.45) is 4.47. The fraction of sp³-hybridized carbons (Fsp3) is 0.833. The molecule has 0 unspecified atom stereocenters. The Kier molecular flexibility index (Phi) is 5.85. The Hall–Kier alpha value is -0.680. The Morgan fingerprint density at radius 1 is 1.47 bits per heavy atom. The van der Waals surface area contributed by atoms with E-state index in [0.29, 0.717) is 18.1 Å². The predicted octanol–water partition coefficient (Wildman–Crippen LogP) is 1.38. The summed E-state index contributed by atoms with van der Waals surface area (Å²) in [6.45, 7) is 4.18. The Labute approximate surface area is 108 Å². The summed E-state index contributed by atoms with van der Waals surface area (Å²) in [5.41, 5.74) is 5.09. The number of nitrogens with one attached hydrogen (secondary N) is 1. The number of amides is 1. The first-order chi connectivity index (χ1) is 8.13. The van der Waals surface area contributed by atoms with Gasteiger partial charge in [0.25, 0.3) is 0 Å². The third-order valence-corrected chi connectivity index (χ3v) is 3.60. The Morgan fingerprint density at radius 2 is 2.18 bits per heavy atom. The van der Waals surface area contributed by atoms with E-state index in [1.165, 1.54) is 0 Å². The highest BCUT2D eigenvalue weighted by molar-refractivity contribution is 7.80. The number of carbonyl (C=O) groups is 1. The minimum absolute atomic E-state index is 0.00765. The average molecular weight is 258 g/mol. The molecule has 3 N–H and O–H groups in total. The van der Waals surface area contributed by atoms with Crippen molar-refractivity contribution in [2.45, 2.75) is 39.0 Å². The van der Waals surface area contributed by atoms with Gasteiger partial charge in [-0.3, -0.25) is 4.79 Å². The highest BCUT2D eigenvalue weighted by atomic mass is 32.1. The van der Waals surface area contributed by atoms with Gasteiger partial charge in [0.1, 0.15) is 0 Å². The SMILES string of the molecule is CCCOCCCNC(=O)C1(C(N)=S)CCC1. The fourth-order valence-electron chi connectivity index (χ4n) is 1.91. The average Bonchev–Trinajstić information content (AvgIpc) is 2.21. The van der Waals surface area contributed by atoms with Crippen LogP contribution in [0.5, 0.6) is 0 Å². The van der Waals surface area contributed by atoms with Crippen molar-refractivity contribution >= 4 is 23.1 Å². The molecule has 0 aromatic rings. The van der Waals surface area contributed by atoms with Crippen LogP contribution in [-0.4, -0.2) is 30.7 Å². The molecular weight excluding hydrogens is 236 g/mol. The summed E-state index contributed by atoms with van der Waals surface area (Å²) >= 11 is 4.99. The van der Waals surface area contributed by atoms with Gasteiger partial charge in [0, 0.05) is 19.8 Å². The van der Waals surface area contributed by atoms with Crippen LogP contribution in [0.15, 0.2) is 0 Å². The second-order valence-electron chi connectivity index (χ2n) is 4.52. The number of hydrogen-bond donors (Lipinski definition) is 2. The molecule has 1 amide bonds. The number of carbonyl (C=O) groups excluding carboxylic acids is 1. The summed E-state index contributed by atoms with van der Waals surface area (Å²) in [7, 11) is 0. The van der Waals surface area contributed by atoms with Gasteiger partial charge in [-0.1, -0.05) is 25.6 Å². The van der Waals surface area contributed by atoms with Crippen LogP contribution in [-0.2, 0) is 9.53 Å². The molecule has 17 heavy (non-hydrogen) atoms. The molecule has 98 valence electrons. The van der Waals surface area contributed by atoms with Crippen LogP contribution in [0.25, 0.3) is 0 Å². The zero-order chi connectivity index (χ0) is 12.7. The molecular formula is C12H22N2O2S. The van der Waals surface area contributed by atoms with E-state index in [-0.39, 0.29) is 5.91 Å². The molecule has 1 aliphatic carbocycles. The third kappa shape index (κ3) is 3.64. The lowest BCUT2D eigenvalue weighted by Gasteiger charge is -2.39. The lowest BCUT2D eigenvalue weighted by atomic mass is 9.68. The van der Waals surface area contributed by atoms with E-state index < -0.39 is 5.41 Å². The second-order valence-corrected chi connectivity index (χ2v) is 4.96. The van der Waals surface area contributed by atoms with Gasteiger partial charge in [0.2, 0.25) is 5.91 Å². The van der Waals surface area contributed by atoms with Crippen molar-refractivity contribution in [2.75, 3.05) is 19.8 Å². The number of hydrogen-bond acceptors (Lipinski definition) is 3. The summed E-state index contributed by atoms with van der Waals surface area (Å²) in [4.78, 5) is 12.3. The number of ether oxygens (including phenoxy) is 1. The lowest BCUT2D eigenvalue weighted by Crippen LogP contribution is -2.53. The first-order valence-electron chi connectivity index (χ1n) is 6.29. The van der Waals surface area contributed by atoms with Crippen LogP contribution in [0.3, 0.4) is 0 Å². The maximum absolute atomic E-state index is 12.0.